The van der Waals surface area contributed by atoms with E-state index in [1.54, 1.807) is 19.2 Å². The van der Waals surface area contributed by atoms with Crippen LogP contribution in [-0.4, -0.2) is 94.0 Å². The Morgan fingerprint density at radius 1 is 0.906 bits per heavy atom. The smallest absolute Gasteiger partial charge is 0.410 e. The molecule has 3 aliphatic heterocycles. The lowest BCUT2D eigenvalue weighted by atomic mass is 9.84. The molecule has 280 valence electrons. The highest BCUT2D eigenvalue weighted by molar-refractivity contribution is 5.68. The lowest BCUT2D eigenvalue weighted by Gasteiger charge is -2.41. The van der Waals surface area contributed by atoms with Crippen molar-refractivity contribution < 1.29 is 38.0 Å². The summed E-state index contributed by atoms with van der Waals surface area (Å²) in [5, 5.41) is 11.6. The van der Waals surface area contributed by atoms with E-state index in [0.29, 0.717) is 19.8 Å². The van der Waals surface area contributed by atoms with E-state index in [2.05, 4.69) is 15.9 Å². The molecule has 4 atom stereocenters. The van der Waals surface area contributed by atoms with Gasteiger partial charge < -0.3 is 43.5 Å². The molecule has 0 spiro atoms. The number of β-amino-alcohol motifs (C(OH)–C–C–N with tert-alkyl or cyclic N) is 1. The van der Waals surface area contributed by atoms with Crippen LogP contribution in [0.1, 0.15) is 35.4 Å². The molecular weight excluding hydrogens is 677 g/mol. The zero-order valence-electron chi connectivity index (χ0n) is 30.1. The van der Waals surface area contributed by atoms with Gasteiger partial charge >= 0.3 is 6.09 Å². The predicted molar refractivity (Wildman–Crippen MR) is 200 cm³/mol. The maximum Gasteiger partial charge on any atom is 0.410 e. The second-order valence-electron chi connectivity index (χ2n) is 13.9. The Bertz CT molecular complexity index is 1800. The zero-order chi connectivity index (χ0) is 36.6. The highest BCUT2D eigenvalue weighted by Gasteiger charge is 2.40. The van der Waals surface area contributed by atoms with Gasteiger partial charge in [0.2, 0.25) is 0 Å². The molecule has 2 fully saturated rings. The number of carbonyl (C=O) groups is 1. The number of likely N-dealkylation sites (tertiary alicyclic amines) is 1. The van der Waals surface area contributed by atoms with Crippen molar-refractivity contribution in [2.45, 2.75) is 50.3 Å². The lowest BCUT2D eigenvalue weighted by Crippen LogP contribution is -2.53. The molecule has 0 bridgehead atoms. The van der Waals surface area contributed by atoms with Crippen molar-refractivity contribution >= 4 is 17.5 Å². The summed E-state index contributed by atoms with van der Waals surface area (Å²) in [5.41, 5.74) is 4.62. The molecular formula is C42H48FN3O7. The number of aliphatic hydroxyl groups excluding tert-OH is 1. The average molecular weight is 726 g/mol. The highest BCUT2D eigenvalue weighted by Crippen LogP contribution is 2.36. The number of carbonyl (C=O) groups excluding carboxylic acids is 1. The zero-order valence-corrected chi connectivity index (χ0v) is 30.1. The first-order chi connectivity index (χ1) is 25.9. The third-order valence-corrected chi connectivity index (χ3v) is 10.2. The number of methoxy groups -OCH3 is 1. The van der Waals surface area contributed by atoms with E-state index < -0.39 is 24.2 Å². The summed E-state index contributed by atoms with van der Waals surface area (Å²) in [5.74, 6) is 0.917. The molecule has 0 aliphatic carbocycles. The second-order valence-corrected chi connectivity index (χ2v) is 13.9. The first-order valence-corrected chi connectivity index (χ1v) is 18.5. The topological polar surface area (TPSA) is 93.2 Å². The minimum Gasteiger partial charge on any atom is -0.490 e. The Hall–Kier alpha value is -4.84. The SMILES string of the molecule is COCCCN1CCOc2ccc(COC3CN(C(=O)OCc4ccccc4)CC(O)C3c3ccc(OC4CCN(c5cccc(F)c5)C4)cc3)cc21. The predicted octanol–water partition coefficient (Wildman–Crippen LogP) is 6.40. The quantitative estimate of drug-likeness (QED) is 0.157. The van der Waals surface area contributed by atoms with Crippen molar-refractivity contribution in [3.63, 3.8) is 0 Å². The average Bonchev–Trinajstić information content (AvgIpc) is 3.65. The van der Waals surface area contributed by atoms with E-state index in [1.807, 2.05) is 72.8 Å². The largest absolute Gasteiger partial charge is 0.490 e. The monoisotopic (exact) mass is 725 g/mol. The fraction of sp³-hybridized carbons (Fsp3) is 0.405. The van der Waals surface area contributed by atoms with Crippen molar-refractivity contribution in [2.75, 3.05) is 69.4 Å². The van der Waals surface area contributed by atoms with Gasteiger partial charge in [-0.25, -0.2) is 9.18 Å². The number of hydrogen-bond acceptors (Lipinski definition) is 9. The van der Waals surface area contributed by atoms with Gasteiger partial charge in [0.05, 0.1) is 50.7 Å². The van der Waals surface area contributed by atoms with Crippen LogP contribution in [0.5, 0.6) is 11.5 Å². The van der Waals surface area contributed by atoms with Crippen LogP contribution in [0, 0.1) is 5.82 Å². The molecule has 53 heavy (non-hydrogen) atoms. The molecule has 0 saturated carbocycles. The van der Waals surface area contributed by atoms with Gasteiger partial charge in [-0.2, -0.15) is 0 Å². The molecule has 3 aliphatic rings. The summed E-state index contributed by atoms with van der Waals surface area (Å²) in [4.78, 5) is 19.3. The van der Waals surface area contributed by atoms with Crippen LogP contribution in [-0.2, 0) is 27.4 Å². The maximum absolute atomic E-state index is 13.8. The van der Waals surface area contributed by atoms with Crippen LogP contribution in [0.2, 0.25) is 0 Å². The van der Waals surface area contributed by atoms with E-state index >= 15 is 0 Å². The van der Waals surface area contributed by atoms with Gasteiger partial charge in [-0.1, -0.05) is 54.6 Å². The molecule has 4 unspecified atom stereocenters. The fourth-order valence-electron chi connectivity index (χ4n) is 7.48. The first kappa shape index (κ1) is 36.5. The van der Waals surface area contributed by atoms with E-state index in [0.717, 1.165) is 72.0 Å². The molecule has 4 aromatic rings. The summed E-state index contributed by atoms with van der Waals surface area (Å²) in [6.07, 6.45) is -0.209. The number of piperidine rings is 1. The molecule has 3 heterocycles. The Kier molecular flexibility index (Phi) is 11.9. The number of anilines is 2. The van der Waals surface area contributed by atoms with Gasteiger partial charge in [-0.3, -0.25) is 0 Å². The molecule has 10 nitrogen and oxygen atoms in total. The first-order valence-electron chi connectivity index (χ1n) is 18.5. The molecule has 1 amide bonds. The standard InChI is InChI=1S/C42H48FN3O7/c1-49-21-6-18-44-20-22-50-39-16-11-31(23-37(39)44)29-51-40-27-46(42(48)52-28-30-7-3-2-4-8-30)26-38(47)41(40)32-12-14-35(15-13-32)53-36-17-19-45(25-36)34-10-5-9-33(43)24-34/h2-5,7-16,23-24,36,38,40-41,47H,6,17-22,25-29H2,1H3. The van der Waals surface area contributed by atoms with Crippen molar-refractivity contribution in [3.8, 4) is 11.5 Å². The number of hydrogen-bond donors (Lipinski definition) is 1. The summed E-state index contributed by atoms with van der Waals surface area (Å²) < 4.78 is 43.6. The van der Waals surface area contributed by atoms with Gasteiger partial charge in [-0.15, -0.1) is 0 Å². The van der Waals surface area contributed by atoms with Gasteiger partial charge in [0, 0.05) is 44.8 Å². The maximum atomic E-state index is 13.8. The van der Waals surface area contributed by atoms with Crippen molar-refractivity contribution in [3.05, 3.63) is 120 Å². The third kappa shape index (κ3) is 9.22. The Morgan fingerprint density at radius 3 is 2.57 bits per heavy atom. The van der Waals surface area contributed by atoms with E-state index in [9.17, 15) is 14.3 Å². The van der Waals surface area contributed by atoms with Crippen molar-refractivity contribution in [1.82, 2.24) is 4.90 Å². The van der Waals surface area contributed by atoms with E-state index in [-0.39, 0.29) is 38.2 Å². The van der Waals surface area contributed by atoms with Crippen molar-refractivity contribution in [2.24, 2.45) is 0 Å². The number of ether oxygens (including phenoxy) is 5. The molecule has 11 heteroatoms. The number of rotatable bonds is 13. The number of amides is 1. The molecule has 7 rings (SSSR count). The van der Waals surface area contributed by atoms with E-state index in [1.165, 1.54) is 11.0 Å². The Labute approximate surface area is 310 Å². The summed E-state index contributed by atoms with van der Waals surface area (Å²) in [6.45, 7) is 5.21. The van der Waals surface area contributed by atoms with Gasteiger partial charge in [-0.05, 0) is 65.6 Å². The van der Waals surface area contributed by atoms with Crippen molar-refractivity contribution in [1.29, 1.82) is 0 Å². The van der Waals surface area contributed by atoms with Crippen LogP contribution in [0.25, 0.3) is 0 Å². The Balaban J connectivity index is 1.04. The summed E-state index contributed by atoms with van der Waals surface area (Å²) in [6, 6.07) is 30.0. The van der Waals surface area contributed by atoms with Crippen LogP contribution >= 0.6 is 0 Å². The number of benzene rings is 4. The molecule has 1 N–H and O–H groups in total. The van der Waals surface area contributed by atoms with Gasteiger partial charge in [0.25, 0.3) is 0 Å². The number of fused-ring (bicyclic) bond motifs is 1. The summed E-state index contributed by atoms with van der Waals surface area (Å²) >= 11 is 0. The fourth-order valence-corrected chi connectivity index (χ4v) is 7.48. The lowest BCUT2D eigenvalue weighted by molar-refractivity contribution is -0.0692. The molecule has 0 radical (unpaired) electrons. The Morgan fingerprint density at radius 2 is 1.75 bits per heavy atom. The minimum atomic E-state index is -0.896. The summed E-state index contributed by atoms with van der Waals surface area (Å²) in [7, 11) is 1.71. The van der Waals surface area contributed by atoms with Crippen LogP contribution in [0.4, 0.5) is 20.6 Å². The normalized spacial score (nSPS) is 21.2. The van der Waals surface area contributed by atoms with Crippen LogP contribution in [0.3, 0.4) is 0 Å². The molecule has 0 aromatic heterocycles. The molecule has 2 saturated heterocycles. The van der Waals surface area contributed by atoms with Gasteiger partial charge in [0.15, 0.2) is 0 Å². The van der Waals surface area contributed by atoms with Crippen LogP contribution < -0.4 is 19.3 Å². The number of aliphatic hydroxyl groups is 1. The second kappa shape index (κ2) is 17.3. The van der Waals surface area contributed by atoms with E-state index in [4.69, 9.17) is 23.7 Å². The highest BCUT2D eigenvalue weighted by atomic mass is 19.1. The number of halogens is 1. The van der Waals surface area contributed by atoms with Gasteiger partial charge in [0.1, 0.15) is 36.6 Å². The minimum absolute atomic E-state index is 0.0335. The molecule has 4 aromatic carbocycles. The number of nitrogens with zero attached hydrogens (tertiary/aromatic N) is 3. The third-order valence-electron chi connectivity index (χ3n) is 10.2. The van der Waals surface area contributed by atoms with Crippen LogP contribution in [0.15, 0.2) is 97.1 Å².